The van der Waals surface area contributed by atoms with Crippen LogP contribution in [-0.4, -0.2) is 70.8 Å². The molecular weight excluding hydrogens is 690 g/mol. The molecule has 0 radical (unpaired) electrons. The second kappa shape index (κ2) is 14.4. The van der Waals surface area contributed by atoms with Gasteiger partial charge in [0.2, 0.25) is 5.88 Å². The van der Waals surface area contributed by atoms with Gasteiger partial charge in [0.15, 0.2) is 6.23 Å². The van der Waals surface area contributed by atoms with Crippen LogP contribution in [0.3, 0.4) is 0 Å². The van der Waals surface area contributed by atoms with Gasteiger partial charge in [-0.05, 0) is 91.7 Å². The first-order chi connectivity index (χ1) is 24.5. The number of aliphatic hydroxyl groups excluding tert-OH is 1. The fraction of sp³-hybridized carbons (Fsp3) is 0.526. The molecule has 1 saturated carbocycles. The summed E-state index contributed by atoms with van der Waals surface area (Å²) in [7, 11) is 1.36. The number of nitrogens with zero attached hydrogens (tertiary/aromatic N) is 4. The summed E-state index contributed by atoms with van der Waals surface area (Å²) in [6.45, 7) is 4.01. The Kier molecular flexibility index (Phi) is 10.1. The maximum Gasteiger partial charge on any atom is 0.270 e. The van der Waals surface area contributed by atoms with E-state index in [1.165, 1.54) is 29.1 Å². The Morgan fingerprint density at radius 1 is 1.20 bits per heavy atom. The lowest BCUT2D eigenvalue weighted by atomic mass is 9.68. The Morgan fingerprint density at radius 2 is 2.04 bits per heavy atom. The highest BCUT2D eigenvalue weighted by molar-refractivity contribution is 7.92. The average molecular weight is 738 g/mol. The number of carbonyl (C=O) groups excluding carboxylic acids is 1. The van der Waals surface area contributed by atoms with Crippen molar-refractivity contribution in [1.29, 1.82) is 0 Å². The number of nitrogens with one attached hydrogen (secondary N) is 1. The van der Waals surface area contributed by atoms with Gasteiger partial charge in [0.25, 0.3) is 5.91 Å². The first kappa shape index (κ1) is 35.8. The van der Waals surface area contributed by atoms with Crippen molar-refractivity contribution in [1.82, 2.24) is 14.5 Å². The van der Waals surface area contributed by atoms with Crippen LogP contribution in [0.15, 0.2) is 59.1 Å². The summed E-state index contributed by atoms with van der Waals surface area (Å²) >= 11 is 6.46. The van der Waals surface area contributed by atoms with E-state index in [0.29, 0.717) is 30.4 Å². The number of methoxy groups -OCH3 is 2. The van der Waals surface area contributed by atoms with Crippen LogP contribution in [0.1, 0.15) is 72.3 Å². The number of aryl methyl sites for hydroxylation is 2. The minimum atomic E-state index is -3.49. The van der Waals surface area contributed by atoms with Gasteiger partial charge >= 0.3 is 0 Å². The highest BCUT2D eigenvalue weighted by Gasteiger charge is 2.44. The summed E-state index contributed by atoms with van der Waals surface area (Å²) in [4.78, 5) is 15.9. The number of fused-ring (bicyclic) bond motifs is 4. The summed E-state index contributed by atoms with van der Waals surface area (Å²) in [5.41, 5.74) is 3.77. The Morgan fingerprint density at radius 3 is 2.80 bits per heavy atom. The van der Waals surface area contributed by atoms with E-state index in [1.54, 1.807) is 20.2 Å². The Bertz CT molecular complexity index is 1940. The van der Waals surface area contributed by atoms with Crippen LogP contribution in [0, 0.1) is 17.8 Å². The molecule has 1 spiro atoms. The monoisotopic (exact) mass is 737 g/mol. The molecule has 274 valence electrons. The van der Waals surface area contributed by atoms with E-state index < -0.39 is 22.1 Å². The summed E-state index contributed by atoms with van der Waals surface area (Å²) in [5.74, 6) is 0.831. The fourth-order valence-corrected chi connectivity index (χ4v) is 10.6. The molecule has 1 amide bonds. The van der Waals surface area contributed by atoms with E-state index >= 15 is 0 Å². The Hall–Kier alpha value is -3.58. The van der Waals surface area contributed by atoms with Gasteiger partial charge in [-0.2, -0.15) is 4.36 Å². The molecule has 2 N–H and O–H groups in total. The largest absolute Gasteiger partial charge is 0.490 e. The molecule has 2 aliphatic carbocycles. The van der Waals surface area contributed by atoms with Gasteiger partial charge in [0.1, 0.15) is 21.2 Å². The first-order valence-corrected chi connectivity index (χ1v) is 19.9. The van der Waals surface area contributed by atoms with Crippen LogP contribution in [-0.2, 0) is 33.5 Å². The number of anilines is 1. The van der Waals surface area contributed by atoms with Crippen molar-refractivity contribution >= 4 is 33.1 Å². The molecule has 4 aliphatic rings. The van der Waals surface area contributed by atoms with E-state index in [-0.39, 0.29) is 34.6 Å². The molecule has 2 aromatic carbocycles. The molecule has 7 atom stereocenters. The number of ether oxygens (including phenoxy) is 3. The lowest BCUT2D eigenvalue weighted by Crippen LogP contribution is -2.49. The third-order valence-electron chi connectivity index (χ3n) is 11.1. The topological polar surface area (TPSA) is 128 Å². The van der Waals surface area contributed by atoms with Crippen molar-refractivity contribution < 1.29 is 28.3 Å². The van der Waals surface area contributed by atoms with Gasteiger partial charge in [0, 0.05) is 49.4 Å². The molecule has 1 aromatic heterocycles. The molecule has 0 saturated heterocycles. The molecule has 51 heavy (non-hydrogen) atoms. The molecule has 1 fully saturated rings. The summed E-state index contributed by atoms with van der Waals surface area (Å²) < 4.78 is 41.2. The summed E-state index contributed by atoms with van der Waals surface area (Å²) in [5, 5.41) is 16.6. The number of rotatable bonds is 4. The quantitative estimate of drug-likeness (QED) is 0.313. The van der Waals surface area contributed by atoms with Crippen LogP contribution in [0.2, 0.25) is 5.02 Å². The number of halogens is 1. The third kappa shape index (κ3) is 7.25. The fourth-order valence-electron chi connectivity index (χ4n) is 8.43. The molecular formula is C38H48ClN5O6S. The molecule has 1 unspecified atom stereocenters. The zero-order valence-electron chi connectivity index (χ0n) is 29.7. The maximum absolute atomic E-state index is 14.6. The molecule has 2 aliphatic heterocycles. The van der Waals surface area contributed by atoms with Crippen molar-refractivity contribution in [3.63, 3.8) is 0 Å². The van der Waals surface area contributed by atoms with Crippen LogP contribution in [0.4, 0.5) is 5.69 Å². The number of aromatic nitrogens is 2. The van der Waals surface area contributed by atoms with E-state index in [1.807, 2.05) is 25.1 Å². The predicted octanol–water partition coefficient (Wildman–Crippen LogP) is 6.00. The minimum Gasteiger partial charge on any atom is -0.490 e. The second-order valence-electron chi connectivity index (χ2n) is 14.7. The van der Waals surface area contributed by atoms with Crippen molar-refractivity contribution in [3.05, 3.63) is 82.0 Å². The number of aliphatic hydroxyl groups is 1. The van der Waals surface area contributed by atoms with E-state index in [9.17, 15) is 14.1 Å². The average Bonchev–Trinajstić information content (AvgIpc) is 3.40. The van der Waals surface area contributed by atoms with Gasteiger partial charge in [-0.3, -0.25) is 14.2 Å². The lowest BCUT2D eigenvalue weighted by molar-refractivity contribution is 0.0131. The molecule has 2 bridgehead atoms. The standard InChI is InChI=1S/C38H48ClN5O6S/c1-24-7-5-9-33(48-3)29-13-10-27(29)19-44-22-38(16-6-8-25-17-28(39)12-14-31(25)38)23-50-34-15-11-26(18-32(34)44)35(45)41-51(47,21-24)42-36(46)30-20-43(2)40-37(30)49-4/h5,9,11-12,14-15,17-18,20,24,27,29,33,35,45H,6-8,10,13,16,19,21-23H2,1-4H3,(H,41,42,46,47)/b9-5+/t24-,27-,29+,33-,35?,38-,51+/m0/s1. The van der Waals surface area contributed by atoms with Crippen molar-refractivity contribution in [3.8, 4) is 11.6 Å². The maximum atomic E-state index is 14.6. The normalized spacial score (nSPS) is 31.2. The smallest absolute Gasteiger partial charge is 0.270 e. The number of hydrogen-bond acceptors (Lipinski definition) is 9. The second-order valence-corrected chi connectivity index (χ2v) is 17.2. The molecule has 11 nitrogen and oxygen atoms in total. The molecule has 13 heteroatoms. The number of hydrogen-bond donors (Lipinski definition) is 2. The molecule has 3 aromatic rings. The first-order valence-electron chi connectivity index (χ1n) is 17.8. The van der Waals surface area contributed by atoms with Crippen molar-refractivity contribution in [2.45, 2.75) is 63.2 Å². The highest BCUT2D eigenvalue weighted by atomic mass is 35.5. The minimum absolute atomic E-state index is 0.0263. The number of benzene rings is 2. The van der Waals surface area contributed by atoms with Crippen LogP contribution in [0.5, 0.6) is 11.6 Å². The predicted molar refractivity (Wildman–Crippen MR) is 198 cm³/mol. The SMILES string of the molecule is COc1nn(C)cc1C(=O)N[S@]1(=O)=NC(O)c2ccc3c(c2)N(C[C@@H]2CC[C@H]2[C@@H](OC)/C=C/C[C@H](C)C1)C[C@@]1(CCCc2cc(Cl)ccc21)CO3. The Balaban J connectivity index is 1.30. The highest BCUT2D eigenvalue weighted by Crippen LogP contribution is 2.47. The Labute approximate surface area is 305 Å². The van der Waals surface area contributed by atoms with Gasteiger partial charge in [-0.15, -0.1) is 5.10 Å². The third-order valence-corrected chi connectivity index (χ3v) is 13.4. The van der Waals surface area contributed by atoms with Crippen molar-refractivity contribution in [2.75, 3.05) is 44.6 Å². The van der Waals surface area contributed by atoms with Crippen LogP contribution < -0.4 is 19.1 Å². The van der Waals surface area contributed by atoms with Crippen LogP contribution >= 0.6 is 11.6 Å². The van der Waals surface area contributed by atoms with Crippen LogP contribution in [0.25, 0.3) is 0 Å². The van der Waals surface area contributed by atoms with Gasteiger partial charge < -0.3 is 24.2 Å². The number of allylic oxidation sites excluding steroid dienone is 1. The van der Waals surface area contributed by atoms with E-state index in [4.69, 9.17) is 25.8 Å². The summed E-state index contributed by atoms with van der Waals surface area (Å²) in [6.07, 6.45) is 9.96. The molecule has 3 heterocycles. The summed E-state index contributed by atoms with van der Waals surface area (Å²) in [6, 6.07) is 11.8. The van der Waals surface area contributed by atoms with Gasteiger partial charge in [-0.1, -0.05) is 42.8 Å². The lowest BCUT2D eigenvalue weighted by Gasteiger charge is -2.46. The van der Waals surface area contributed by atoms with Gasteiger partial charge in [0.05, 0.1) is 31.3 Å². The molecule has 7 rings (SSSR count). The van der Waals surface area contributed by atoms with E-state index in [2.05, 4.69) is 43.4 Å². The van der Waals surface area contributed by atoms with E-state index in [0.717, 1.165) is 61.7 Å². The zero-order chi connectivity index (χ0) is 35.9. The number of carbonyl (C=O) groups is 1. The number of amides is 1. The zero-order valence-corrected chi connectivity index (χ0v) is 31.3. The van der Waals surface area contributed by atoms with Crippen molar-refractivity contribution in [2.24, 2.45) is 29.2 Å². The van der Waals surface area contributed by atoms with Gasteiger partial charge in [-0.25, -0.2) is 4.21 Å².